The van der Waals surface area contributed by atoms with Gasteiger partial charge < -0.3 is 15.4 Å². The van der Waals surface area contributed by atoms with Gasteiger partial charge in [-0.3, -0.25) is 9.59 Å². The van der Waals surface area contributed by atoms with Gasteiger partial charge in [-0.1, -0.05) is 38.5 Å². The molecule has 2 saturated carbocycles. The van der Waals surface area contributed by atoms with Crippen LogP contribution < -0.4 is 15.4 Å². The Morgan fingerprint density at radius 1 is 0.581 bits per heavy atom. The molecule has 2 fully saturated rings. The molecule has 2 aromatic rings. The highest BCUT2D eigenvalue weighted by atomic mass is 16.5. The minimum atomic E-state index is 0.124. The minimum Gasteiger partial charge on any atom is -0.457 e. The maximum absolute atomic E-state index is 12.4. The summed E-state index contributed by atoms with van der Waals surface area (Å²) in [5.74, 6) is 1.94. The predicted molar refractivity (Wildman–Crippen MR) is 123 cm³/mol. The normalized spacial score (nSPS) is 17.7. The first-order valence-electron chi connectivity index (χ1n) is 11.7. The summed E-state index contributed by atoms with van der Waals surface area (Å²) in [6, 6.07) is 14.9. The average molecular weight is 421 g/mol. The molecule has 2 aromatic carbocycles. The fourth-order valence-electron chi connectivity index (χ4n) is 4.57. The van der Waals surface area contributed by atoms with Gasteiger partial charge in [0.1, 0.15) is 11.5 Å². The zero-order chi connectivity index (χ0) is 21.5. The third-order valence-corrected chi connectivity index (χ3v) is 6.43. The second-order valence-electron chi connectivity index (χ2n) is 8.80. The maximum Gasteiger partial charge on any atom is 0.227 e. The first-order chi connectivity index (χ1) is 15.2. The lowest BCUT2D eigenvalue weighted by molar-refractivity contribution is -0.121. The molecule has 0 aliphatic heterocycles. The van der Waals surface area contributed by atoms with Gasteiger partial charge in [0.15, 0.2) is 0 Å². The maximum atomic E-state index is 12.4. The number of nitrogens with one attached hydrogen (secondary N) is 2. The van der Waals surface area contributed by atoms with Crippen LogP contribution in [0.5, 0.6) is 11.5 Å². The largest absolute Gasteiger partial charge is 0.457 e. The third kappa shape index (κ3) is 6.09. The van der Waals surface area contributed by atoms with E-state index in [0.29, 0.717) is 11.5 Å². The summed E-state index contributed by atoms with van der Waals surface area (Å²) in [6.45, 7) is 0. The molecule has 0 bridgehead atoms. The van der Waals surface area contributed by atoms with E-state index in [4.69, 9.17) is 4.74 Å². The van der Waals surface area contributed by atoms with Gasteiger partial charge in [-0.2, -0.15) is 0 Å². The summed E-state index contributed by atoms with van der Waals surface area (Å²) in [6.07, 6.45) is 11.0. The van der Waals surface area contributed by atoms with E-state index in [1.165, 1.54) is 12.8 Å². The molecule has 0 spiro atoms. The first-order valence-corrected chi connectivity index (χ1v) is 11.7. The fourth-order valence-corrected chi connectivity index (χ4v) is 4.57. The summed E-state index contributed by atoms with van der Waals surface area (Å²) in [5.41, 5.74) is 1.59. The standard InChI is InChI=1S/C26H32N2O3/c29-25(19-7-3-1-4-8-19)27-21-11-15-23(16-12-21)31-24-17-13-22(14-18-24)28-26(30)20-9-5-2-6-10-20/h11-20H,1-10H2,(H,27,29)(H,28,30). The molecule has 5 heteroatoms. The molecule has 4 rings (SSSR count). The van der Waals surface area contributed by atoms with Crippen molar-refractivity contribution < 1.29 is 14.3 Å². The summed E-state index contributed by atoms with van der Waals surface area (Å²) in [4.78, 5) is 24.8. The van der Waals surface area contributed by atoms with Crippen LogP contribution in [0.2, 0.25) is 0 Å². The van der Waals surface area contributed by atoms with Gasteiger partial charge in [0, 0.05) is 23.2 Å². The van der Waals surface area contributed by atoms with Gasteiger partial charge in [-0.25, -0.2) is 0 Å². The van der Waals surface area contributed by atoms with Gasteiger partial charge in [-0.15, -0.1) is 0 Å². The van der Waals surface area contributed by atoms with E-state index in [9.17, 15) is 9.59 Å². The van der Waals surface area contributed by atoms with E-state index in [0.717, 1.165) is 62.7 Å². The molecule has 2 aliphatic rings. The van der Waals surface area contributed by atoms with E-state index < -0.39 is 0 Å². The van der Waals surface area contributed by atoms with Crippen LogP contribution >= 0.6 is 0 Å². The smallest absolute Gasteiger partial charge is 0.227 e. The molecule has 0 radical (unpaired) electrons. The molecule has 0 unspecified atom stereocenters. The number of ether oxygens (including phenoxy) is 1. The van der Waals surface area contributed by atoms with Crippen molar-refractivity contribution in [2.75, 3.05) is 10.6 Å². The molecule has 0 aromatic heterocycles. The van der Waals surface area contributed by atoms with Crippen LogP contribution in [0.25, 0.3) is 0 Å². The molecule has 2 N–H and O–H groups in total. The van der Waals surface area contributed by atoms with Crippen LogP contribution in [0.15, 0.2) is 48.5 Å². The van der Waals surface area contributed by atoms with E-state index in [1.54, 1.807) is 0 Å². The molecule has 0 heterocycles. The Labute approximate surface area is 184 Å². The molecule has 31 heavy (non-hydrogen) atoms. The van der Waals surface area contributed by atoms with E-state index in [2.05, 4.69) is 10.6 Å². The molecule has 2 aliphatic carbocycles. The van der Waals surface area contributed by atoms with Crippen LogP contribution in [0.3, 0.4) is 0 Å². The van der Waals surface area contributed by atoms with Crippen molar-refractivity contribution in [2.24, 2.45) is 11.8 Å². The lowest BCUT2D eigenvalue weighted by Gasteiger charge is -2.21. The van der Waals surface area contributed by atoms with Crippen molar-refractivity contribution >= 4 is 23.2 Å². The second kappa shape index (κ2) is 10.5. The van der Waals surface area contributed by atoms with Gasteiger partial charge in [-0.05, 0) is 74.2 Å². The number of hydrogen-bond acceptors (Lipinski definition) is 3. The summed E-state index contributed by atoms with van der Waals surface area (Å²) in [7, 11) is 0. The molecule has 5 nitrogen and oxygen atoms in total. The number of carbonyl (C=O) groups excluding carboxylic acids is 2. The van der Waals surface area contributed by atoms with Crippen molar-refractivity contribution in [2.45, 2.75) is 64.2 Å². The van der Waals surface area contributed by atoms with Crippen LogP contribution in [0.4, 0.5) is 11.4 Å². The molecule has 0 atom stereocenters. The monoisotopic (exact) mass is 420 g/mol. The molecular formula is C26H32N2O3. The van der Waals surface area contributed by atoms with Gasteiger partial charge in [0.05, 0.1) is 0 Å². The summed E-state index contributed by atoms with van der Waals surface area (Å²) >= 11 is 0. The van der Waals surface area contributed by atoms with E-state index in [1.807, 2.05) is 48.5 Å². The Balaban J connectivity index is 1.27. The van der Waals surface area contributed by atoms with Gasteiger partial charge in [0.25, 0.3) is 0 Å². The second-order valence-corrected chi connectivity index (χ2v) is 8.80. The number of anilines is 2. The predicted octanol–water partition coefficient (Wildman–Crippen LogP) is 6.52. The minimum absolute atomic E-state index is 0.124. The van der Waals surface area contributed by atoms with Gasteiger partial charge in [0.2, 0.25) is 11.8 Å². The number of carbonyl (C=O) groups is 2. The molecule has 2 amide bonds. The SMILES string of the molecule is O=C(Nc1ccc(Oc2ccc(NC(=O)C3CCCCC3)cc2)cc1)C1CCCCC1. The summed E-state index contributed by atoms with van der Waals surface area (Å²) < 4.78 is 5.91. The lowest BCUT2D eigenvalue weighted by atomic mass is 9.88. The van der Waals surface area contributed by atoms with Crippen molar-refractivity contribution in [1.29, 1.82) is 0 Å². The van der Waals surface area contributed by atoms with Gasteiger partial charge >= 0.3 is 0 Å². The Morgan fingerprint density at radius 3 is 1.29 bits per heavy atom. The van der Waals surface area contributed by atoms with Crippen molar-refractivity contribution in [3.8, 4) is 11.5 Å². The molecule has 164 valence electrons. The number of amides is 2. The number of rotatable bonds is 6. The van der Waals surface area contributed by atoms with Crippen LogP contribution in [-0.4, -0.2) is 11.8 Å². The van der Waals surface area contributed by atoms with Crippen molar-refractivity contribution in [1.82, 2.24) is 0 Å². The quantitative estimate of drug-likeness (QED) is 0.559. The lowest BCUT2D eigenvalue weighted by Crippen LogP contribution is -2.24. The van der Waals surface area contributed by atoms with E-state index >= 15 is 0 Å². The van der Waals surface area contributed by atoms with E-state index in [-0.39, 0.29) is 23.7 Å². The van der Waals surface area contributed by atoms with Crippen molar-refractivity contribution in [3.63, 3.8) is 0 Å². The Hall–Kier alpha value is -2.82. The molecular weight excluding hydrogens is 388 g/mol. The van der Waals surface area contributed by atoms with Crippen LogP contribution in [-0.2, 0) is 9.59 Å². The fraction of sp³-hybridized carbons (Fsp3) is 0.462. The summed E-state index contributed by atoms with van der Waals surface area (Å²) in [5, 5.41) is 6.04. The number of benzene rings is 2. The van der Waals surface area contributed by atoms with Crippen LogP contribution in [0, 0.1) is 11.8 Å². The Bertz CT molecular complexity index is 791. The zero-order valence-electron chi connectivity index (χ0n) is 18.1. The highest BCUT2D eigenvalue weighted by molar-refractivity contribution is 5.93. The first kappa shape index (κ1) is 21.4. The number of hydrogen-bond donors (Lipinski definition) is 2. The molecule has 0 saturated heterocycles. The third-order valence-electron chi connectivity index (χ3n) is 6.43. The Morgan fingerprint density at radius 2 is 0.935 bits per heavy atom. The highest BCUT2D eigenvalue weighted by Gasteiger charge is 2.22. The Kier molecular flexibility index (Phi) is 7.23. The van der Waals surface area contributed by atoms with Crippen LogP contribution in [0.1, 0.15) is 64.2 Å². The average Bonchev–Trinajstić information content (AvgIpc) is 2.82. The highest BCUT2D eigenvalue weighted by Crippen LogP contribution is 2.28. The zero-order valence-corrected chi connectivity index (χ0v) is 18.1. The van der Waals surface area contributed by atoms with Crippen molar-refractivity contribution in [3.05, 3.63) is 48.5 Å². The topological polar surface area (TPSA) is 67.4 Å².